The van der Waals surface area contributed by atoms with Crippen LogP contribution in [0.4, 0.5) is 0 Å². The van der Waals surface area contributed by atoms with Gasteiger partial charge in [-0.3, -0.25) is 0 Å². The van der Waals surface area contributed by atoms with Gasteiger partial charge in [-0.15, -0.1) is 11.3 Å². The predicted molar refractivity (Wildman–Crippen MR) is 137 cm³/mol. The predicted octanol–water partition coefficient (Wildman–Crippen LogP) is 6.45. The monoisotopic (exact) mass is 499 g/mol. The molecule has 0 bridgehead atoms. The lowest BCUT2D eigenvalue weighted by Crippen LogP contribution is -2.57. The molecule has 0 N–H and O–H groups in total. The lowest BCUT2D eigenvalue weighted by atomic mass is 9.92. The number of rotatable bonds is 9. The number of hydrogen-bond acceptors (Lipinski definition) is 7. The molecule has 2 aliphatic rings. The Morgan fingerprint density at radius 3 is 2.56 bits per heavy atom. The van der Waals surface area contributed by atoms with Crippen LogP contribution in [0.5, 0.6) is 0 Å². The summed E-state index contributed by atoms with van der Waals surface area (Å²) in [4.78, 5) is 4.79. The molecule has 0 radical (unpaired) electrons. The van der Waals surface area contributed by atoms with Gasteiger partial charge in [0.25, 0.3) is 0 Å². The van der Waals surface area contributed by atoms with E-state index in [4.69, 9.17) is 23.9 Å². The van der Waals surface area contributed by atoms with E-state index < -0.39 is 5.79 Å². The third kappa shape index (κ3) is 5.50. The normalized spacial score (nSPS) is 28.3. The number of ether oxygens (including phenoxy) is 4. The minimum Gasteiger partial charge on any atom is -0.368 e. The fourth-order valence-electron chi connectivity index (χ4n) is 4.76. The third-order valence-electron chi connectivity index (χ3n) is 6.34. The number of unbranched alkanes of at least 4 members (excludes halogenated alkanes) is 1. The van der Waals surface area contributed by atoms with E-state index in [1.54, 1.807) is 23.1 Å². The molecule has 7 heteroatoms. The van der Waals surface area contributed by atoms with Crippen molar-refractivity contribution in [2.24, 2.45) is 0 Å². The quantitative estimate of drug-likeness (QED) is 0.315. The van der Waals surface area contributed by atoms with Gasteiger partial charge in [-0.1, -0.05) is 74.0 Å². The summed E-state index contributed by atoms with van der Waals surface area (Å²) < 4.78 is 28.3. The van der Waals surface area contributed by atoms with Gasteiger partial charge in [0.05, 0.1) is 29.0 Å². The average Bonchev–Trinajstić information content (AvgIpc) is 3.40. The summed E-state index contributed by atoms with van der Waals surface area (Å²) in [7, 11) is 0. The van der Waals surface area contributed by atoms with Crippen molar-refractivity contribution >= 4 is 33.3 Å². The Bertz CT molecular complexity index is 1040. The van der Waals surface area contributed by atoms with Crippen molar-refractivity contribution in [3.8, 4) is 0 Å². The largest absolute Gasteiger partial charge is 0.368 e. The van der Waals surface area contributed by atoms with Crippen LogP contribution in [0.2, 0.25) is 0 Å². The first-order valence-electron chi connectivity index (χ1n) is 12.2. The standard InChI is InChI=1S/C27H33NO4S2/c1-4-5-14-20-23(29-16-18-11-7-6-8-12-18)25-24(31-27(2,3)32-25)21(30-20)17-33-26-28-19-13-9-10-15-22(19)34-26/h6-13,15,20-21,23-25H,4-5,14,16-17H2,1-3H3/t20-,21+,23+,24+,25-/m1/s1. The lowest BCUT2D eigenvalue weighted by Gasteiger charge is -2.42. The van der Waals surface area contributed by atoms with E-state index >= 15 is 0 Å². The van der Waals surface area contributed by atoms with Crippen LogP contribution in [0.25, 0.3) is 10.2 Å². The molecular weight excluding hydrogens is 466 g/mol. The fourth-order valence-corrected chi connectivity index (χ4v) is 6.90. The molecule has 0 unspecified atom stereocenters. The number of para-hydroxylation sites is 1. The molecule has 2 aromatic carbocycles. The van der Waals surface area contributed by atoms with Crippen molar-refractivity contribution in [2.45, 2.75) is 87.3 Å². The van der Waals surface area contributed by atoms with Crippen LogP contribution in [0.1, 0.15) is 45.6 Å². The Morgan fingerprint density at radius 2 is 1.76 bits per heavy atom. The van der Waals surface area contributed by atoms with E-state index in [2.05, 4.69) is 37.3 Å². The number of thiazole rings is 1. The summed E-state index contributed by atoms with van der Waals surface area (Å²) in [6, 6.07) is 18.6. The molecule has 0 aliphatic carbocycles. The minimum atomic E-state index is -0.661. The second kappa shape index (κ2) is 10.6. The molecule has 34 heavy (non-hydrogen) atoms. The summed E-state index contributed by atoms with van der Waals surface area (Å²) in [5.41, 5.74) is 2.20. The maximum absolute atomic E-state index is 6.72. The molecule has 3 aromatic rings. The van der Waals surface area contributed by atoms with Crippen LogP contribution in [0.15, 0.2) is 58.9 Å². The molecule has 3 heterocycles. The molecule has 5 rings (SSSR count). The molecule has 182 valence electrons. The van der Waals surface area contributed by atoms with Crippen LogP contribution in [0, 0.1) is 0 Å². The van der Waals surface area contributed by atoms with Crippen LogP contribution in [0.3, 0.4) is 0 Å². The Kier molecular flexibility index (Phi) is 7.58. The summed E-state index contributed by atoms with van der Waals surface area (Å²) >= 11 is 3.48. The van der Waals surface area contributed by atoms with Gasteiger partial charge in [0, 0.05) is 5.75 Å². The highest BCUT2D eigenvalue weighted by Gasteiger charge is 2.55. The summed E-state index contributed by atoms with van der Waals surface area (Å²) in [5.74, 6) is 0.111. The zero-order valence-electron chi connectivity index (χ0n) is 20.0. The topological polar surface area (TPSA) is 49.8 Å². The first-order valence-corrected chi connectivity index (χ1v) is 14.0. The van der Waals surface area contributed by atoms with Gasteiger partial charge in [0.1, 0.15) is 18.3 Å². The van der Waals surface area contributed by atoms with E-state index in [1.165, 1.54) is 4.70 Å². The number of thioether (sulfide) groups is 1. The van der Waals surface area contributed by atoms with E-state index in [-0.39, 0.29) is 30.5 Å². The van der Waals surface area contributed by atoms with Crippen LogP contribution >= 0.6 is 23.1 Å². The van der Waals surface area contributed by atoms with Gasteiger partial charge in [0.15, 0.2) is 10.1 Å². The summed E-state index contributed by atoms with van der Waals surface area (Å²) in [6.45, 7) is 6.72. The zero-order chi connectivity index (χ0) is 23.5. The Morgan fingerprint density at radius 1 is 1.00 bits per heavy atom. The van der Waals surface area contributed by atoms with Gasteiger partial charge in [-0.2, -0.15) is 0 Å². The highest BCUT2D eigenvalue weighted by molar-refractivity contribution is 8.01. The fraction of sp³-hybridized carbons (Fsp3) is 0.519. The molecule has 0 amide bonds. The number of fused-ring (bicyclic) bond motifs is 2. The first kappa shape index (κ1) is 24.2. The summed E-state index contributed by atoms with van der Waals surface area (Å²) in [5, 5.41) is 0. The van der Waals surface area contributed by atoms with Crippen LogP contribution < -0.4 is 0 Å². The highest BCUT2D eigenvalue weighted by Crippen LogP contribution is 2.42. The van der Waals surface area contributed by atoms with E-state index in [9.17, 15) is 0 Å². The van der Waals surface area contributed by atoms with E-state index in [0.29, 0.717) is 6.61 Å². The van der Waals surface area contributed by atoms with Crippen LogP contribution in [-0.2, 0) is 25.6 Å². The lowest BCUT2D eigenvalue weighted by molar-refractivity contribution is -0.203. The maximum Gasteiger partial charge on any atom is 0.164 e. The molecule has 1 aromatic heterocycles. The molecule has 2 fully saturated rings. The SMILES string of the molecule is CCCC[C@H]1O[C@@H](CSc2nc3ccccc3s2)[C@@H]2OC(C)(C)O[C@@H]2[C@H]1OCc1ccccc1. The Labute approximate surface area is 210 Å². The molecule has 2 aliphatic heterocycles. The first-order chi connectivity index (χ1) is 16.5. The molecule has 0 spiro atoms. The van der Waals surface area contributed by atoms with Gasteiger partial charge < -0.3 is 18.9 Å². The third-order valence-corrected chi connectivity index (χ3v) is 8.61. The van der Waals surface area contributed by atoms with E-state index in [1.807, 2.05) is 38.1 Å². The highest BCUT2D eigenvalue weighted by atomic mass is 32.2. The second-order valence-corrected chi connectivity index (χ2v) is 11.7. The maximum atomic E-state index is 6.72. The average molecular weight is 500 g/mol. The van der Waals surface area contributed by atoms with Gasteiger partial charge >= 0.3 is 0 Å². The van der Waals surface area contributed by atoms with E-state index in [0.717, 1.165) is 40.4 Å². The van der Waals surface area contributed by atoms with Crippen molar-refractivity contribution in [2.75, 3.05) is 5.75 Å². The smallest absolute Gasteiger partial charge is 0.164 e. The van der Waals surface area contributed by atoms with Crippen LogP contribution in [-0.4, -0.2) is 47.0 Å². The summed E-state index contributed by atoms with van der Waals surface area (Å²) in [6.07, 6.45) is 2.56. The number of hydrogen-bond donors (Lipinski definition) is 0. The molecule has 5 nitrogen and oxygen atoms in total. The molecule has 2 saturated heterocycles. The molecule has 5 atom stereocenters. The number of nitrogens with zero attached hydrogens (tertiary/aromatic N) is 1. The number of aromatic nitrogens is 1. The van der Waals surface area contributed by atoms with Gasteiger partial charge in [0.2, 0.25) is 0 Å². The number of benzene rings is 2. The second-order valence-electron chi connectivity index (χ2n) is 9.44. The minimum absolute atomic E-state index is 0.0246. The van der Waals surface area contributed by atoms with Crippen molar-refractivity contribution in [1.29, 1.82) is 0 Å². The van der Waals surface area contributed by atoms with Crippen molar-refractivity contribution in [3.63, 3.8) is 0 Å². The van der Waals surface area contributed by atoms with Crippen molar-refractivity contribution in [3.05, 3.63) is 60.2 Å². The molecular formula is C27H33NO4S2. The zero-order valence-corrected chi connectivity index (χ0v) is 21.6. The Balaban J connectivity index is 1.33. The van der Waals surface area contributed by atoms with Crippen molar-refractivity contribution < 1.29 is 18.9 Å². The Hall–Kier alpha value is -1.48. The molecule has 0 saturated carbocycles. The van der Waals surface area contributed by atoms with Crippen molar-refractivity contribution in [1.82, 2.24) is 4.98 Å². The van der Waals surface area contributed by atoms with Gasteiger partial charge in [-0.05, 0) is 38.0 Å². The van der Waals surface area contributed by atoms with Gasteiger partial charge in [-0.25, -0.2) is 4.98 Å².